The summed E-state index contributed by atoms with van der Waals surface area (Å²) >= 11 is 5.99. The SMILES string of the molecule is CCn1ncc(NCCCCCCN)c(Cl)c1=O. The van der Waals surface area contributed by atoms with Crippen molar-refractivity contribution in [2.75, 3.05) is 18.4 Å². The van der Waals surface area contributed by atoms with Gasteiger partial charge in [-0.1, -0.05) is 24.4 Å². The standard InChI is InChI=1S/C12H21ClN4O/c1-2-17-12(18)11(13)10(9-16-17)15-8-6-4-3-5-7-14/h9,15H,2-8,14H2,1H3. The van der Waals surface area contributed by atoms with E-state index in [1.807, 2.05) is 6.92 Å². The van der Waals surface area contributed by atoms with Crippen molar-refractivity contribution in [2.45, 2.75) is 39.2 Å². The maximum atomic E-state index is 11.7. The maximum absolute atomic E-state index is 11.7. The normalized spacial score (nSPS) is 10.6. The Morgan fingerprint density at radius 2 is 2.11 bits per heavy atom. The van der Waals surface area contributed by atoms with E-state index in [2.05, 4.69) is 10.4 Å². The third-order valence-electron chi connectivity index (χ3n) is 2.73. The number of hydrogen-bond acceptors (Lipinski definition) is 4. The zero-order valence-corrected chi connectivity index (χ0v) is 11.5. The van der Waals surface area contributed by atoms with E-state index in [0.29, 0.717) is 12.2 Å². The average molecular weight is 273 g/mol. The first-order valence-electron chi connectivity index (χ1n) is 6.40. The first-order valence-corrected chi connectivity index (χ1v) is 6.78. The van der Waals surface area contributed by atoms with Crippen LogP contribution in [0, 0.1) is 0 Å². The molecule has 1 aromatic heterocycles. The Hall–Kier alpha value is -1.07. The number of aromatic nitrogens is 2. The van der Waals surface area contributed by atoms with Gasteiger partial charge in [-0.3, -0.25) is 4.79 Å². The minimum Gasteiger partial charge on any atom is -0.382 e. The molecule has 0 aliphatic carbocycles. The summed E-state index contributed by atoms with van der Waals surface area (Å²) in [6.07, 6.45) is 5.97. The van der Waals surface area contributed by atoms with Crippen LogP contribution in [-0.2, 0) is 6.54 Å². The smallest absolute Gasteiger partial charge is 0.287 e. The van der Waals surface area contributed by atoms with Gasteiger partial charge in [0.1, 0.15) is 5.02 Å². The second-order valence-corrected chi connectivity index (χ2v) is 4.50. The van der Waals surface area contributed by atoms with Gasteiger partial charge < -0.3 is 11.1 Å². The van der Waals surface area contributed by atoms with Gasteiger partial charge in [-0.25, -0.2) is 4.68 Å². The van der Waals surface area contributed by atoms with E-state index in [1.54, 1.807) is 6.20 Å². The summed E-state index contributed by atoms with van der Waals surface area (Å²) in [6.45, 7) is 3.92. The molecule has 0 aromatic carbocycles. The molecule has 0 spiro atoms. The Morgan fingerprint density at radius 3 is 2.78 bits per heavy atom. The first-order chi connectivity index (χ1) is 8.70. The monoisotopic (exact) mass is 272 g/mol. The highest BCUT2D eigenvalue weighted by Gasteiger charge is 2.07. The van der Waals surface area contributed by atoms with E-state index in [4.69, 9.17) is 17.3 Å². The predicted molar refractivity (Wildman–Crippen MR) is 75.2 cm³/mol. The van der Waals surface area contributed by atoms with Crippen molar-refractivity contribution in [3.05, 3.63) is 21.6 Å². The Kier molecular flexibility index (Phi) is 6.75. The van der Waals surface area contributed by atoms with E-state index < -0.39 is 0 Å². The minimum absolute atomic E-state index is 0.216. The number of hydrogen-bond donors (Lipinski definition) is 2. The van der Waals surface area contributed by atoms with Crippen LogP contribution < -0.4 is 16.6 Å². The molecule has 3 N–H and O–H groups in total. The van der Waals surface area contributed by atoms with Crippen molar-refractivity contribution in [1.29, 1.82) is 0 Å². The van der Waals surface area contributed by atoms with Gasteiger partial charge in [0.05, 0.1) is 11.9 Å². The lowest BCUT2D eigenvalue weighted by atomic mass is 10.2. The second-order valence-electron chi connectivity index (χ2n) is 4.12. The zero-order valence-electron chi connectivity index (χ0n) is 10.8. The van der Waals surface area contributed by atoms with E-state index in [1.165, 1.54) is 4.68 Å². The molecule has 1 aromatic rings. The summed E-state index contributed by atoms with van der Waals surface area (Å²) in [7, 11) is 0. The Labute approximate surface area is 112 Å². The van der Waals surface area contributed by atoms with Gasteiger partial charge in [-0.15, -0.1) is 0 Å². The molecule has 6 heteroatoms. The van der Waals surface area contributed by atoms with Crippen LogP contribution >= 0.6 is 11.6 Å². The molecule has 0 amide bonds. The molecule has 0 aliphatic rings. The summed E-state index contributed by atoms with van der Waals surface area (Å²) in [6, 6.07) is 0. The minimum atomic E-state index is -0.243. The third kappa shape index (κ3) is 4.31. The molecule has 0 unspecified atom stereocenters. The summed E-state index contributed by atoms with van der Waals surface area (Å²) in [5.74, 6) is 0. The van der Waals surface area contributed by atoms with Crippen LogP contribution in [0.5, 0.6) is 0 Å². The Balaban J connectivity index is 2.43. The average Bonchev–Trinajstić information content (AvgIpc) is 2.38. The fourth-order valence-corrected chi connectivity index (χ4v) is 1.87. The summed E-state index contributed by atoms with van der Waals surface area (Å²) < 4.78 is 1.34. The summed E-state index contributed by atoms with van der Waals surface area (Å²) in [5, 5.41) is 7.39. The Bertz CT molecular complexity index is 419. The van der Waals surface area contributed by atoms with Gasteiger partial charge in [-0.05, 0) is 26.3 Å². The van der Waals surface area contributed by atoms with Crippen LogP contribution in [0.2, 0.25) is 5.02 Å². The molecule has 102 valence electrons. The molecule has 0 bridgehead atoms. The van der Waals surface area contributed by atoms with Crippen molar-refractivity contribution in [3.63, 3.8) is 0 Å². The van der Waals surface area contributed by atoms with Crippen molar-refractivity contribution in [2.24, 2.45) is 5.73 Å². The van der Waals surface area contributed by atoms with Gasteiger partial charge in [-0.2, -0.15) is 5.10 Å². The highest BCUT2D eigenvalue weighted by Crippen LogP contribution is 2.15. The number of anilines is 1. The number of nitrogens with zero attached hydrogens (tertiary/aromatic N) is 2. The largest absolute Gasteiger partial charge is 0.382 e. The Morgan fingerprint density at radius 1 is 1.39 bits per heavy atom. The van der Waals surface area contributed by atoms with Gasteiger partial charge >= 0.3 is 0 Å². The second kappa shape index (κ2) is 8.11. The lowest BCUT2D eigenvalue weighted by molar-refractivity contribution is 0.615. The van der Waals surface area contributed by atoms with Crippen LogP contribution in [-0.4, -0.2) is 22.9 Å². The number of nitrogens with two attached hydrogens (primary N) is 1. The fourth-order valence-electron chi connectivity index (χ4n) is 1.66. The van der Waals surface area contributed by atoms with E-state index >= 15 is 0 Å². The number of halogens is 1. The fraction of sp³-hybridized carbons (Fsp3) is 0.667. The number of unbranched alkanes of at least 4 members (excludes halogenated alkanes) is 3. The predicted octanol–water partition coefficient (Wildman–Crippen LogP) is 1.85. The van der Waals surface area contributed by atoms with Crippen LogP contribution in [0.4, 0.5) is 5.69 Å². The highest BCUT2D eigenvalue weighted by molar-refractivity contribution is 6.32. The van der Waals surface area contributed by atoms with E-state index in [0.717, 1.165) is 38.8 Å². The molecule has 1 heterocycles. The molecule has 0 saturated heterocycles. The molecule has 0 fully saturated rings. The number of rotatable bonds is 8. The van der Waals surface area contributed by atoms with Crippen molar-refractivity contribution in [3.8, 4) is 0 Å². The van der Waals surface area contributed by atoms with Crippen molar-refractivity contribution < 1.29 is 0 Å². The maximum Gasteiger partial charge on any atom is 0.287 e. The van der Waals surface area contributed by atoms with Gasteiger partial charge in [0.2, 0.25) is 0 Å². The molecule has 0 radical (unpaired) electrons. The van der Waals surface area contributed by atoms with Gasteiger partial charge in [0.25, 0.3) is 5.56 Å². The quantitative estimate of drug-likeness (QED) is 0.709. The molecule has 0 atom stereocenters. The molecule has 0 aliphatic heterocycles. The number of aryl methyl sites for hydroxylation is 1. The molecule has 1 rings (SSSR count). The zero-order chi connectivity index (χ0) is 13.4. The van der Waals surface area contributed by atoms with Gasteiger partial charge in [0, 0.05) is 13.1 Å². The molecular weight excluding hydrogens is 252 g/mol. The van der Waals surface area contributed by atoms with E-state index in [-0.39, 0.29) is 10.6 Å². The lowest BCUT2D eigenvalue weighted by Gasteiger charge is -2.09. The third-order valence-corrected chi connectivity index (χ3v) is 3.10. The number of nitrogens with one attached hydrogen (secondary N) is 1. The lowest BCUT2D eigenvalue weighted by Crippen LogP contribution is -2.23. The van der Waals surface area contributed by atoms with Crippen molar-refractivity contribution >= 4 is 17.3 Å². The van der Waals surface area contributed by atoms with Crippen molar-refractivity contribution in [1.82, 2.24) is 9.78 Å². The highest BCUT2D eigenvalue weighted by atomic mass is 35.5. The van der Waals surface area contributed by atoms with Gasteiger partial charge in [0.15, 0.2) is 0 Å². The molecule has 5 nitrogen and oxygen atoms in total. The van der Waals surface area contributed by atoms with Crippen LogP contribution in [0.1, 0.15) is 32.6 Å². The van der Waals surface area contributed by atoms with E-state index in [9.17, 15) is 4.79 Å². The topological polar surface area (TPSA) is 72.9 Å². The molecule has 0 saturated carbocycles. The van der Waals surface area contributed by atoms with Crippen LogP contribution in [0.15, 0.2) is 11.0 Å². The van der Waals surface area contributed by atoms with Crippen LogP contribution in [0.25, 0.3) is 0 Å². The summed E-state index contributed by atoms with van der Waals surface area (Å²) in [5.41, 5.74) is 5.79. The summed E-state index contributed by atoms with van der Waals surface area (Å²) in [4.78, 5) is 11.7. The molecular formula is C12H21ClN4O. The van der Waals surface area contributed by atoms with Crippen LogP contribution in [0.3, 0.4) is 0 Å². The molecule has 18 heavy (non-hydrogen) atoms. The first kappa shape index (κ1) is 15.0.